The molecule has 0 aliphatic rings. The largest absolute Gasteiger partial charge is 0.412 e. The molecule has 0 aromatic rings. The highest BCUT2D eigenvalue weighted by Gasteiger charge is 1.25. The zero-order chi connectivity index (χ0) is 8.12. The summed E-state index contributed by atoms with van der Waals surface area (Å²) in [5, 5.41) is 0. The Balaban J connectivity index is -0.0000000257. The topological polar surface area (TPSA) is 82.7 Å². The number of hydrogen-bond acceptors (Lipinski definition) is 3. The average Bonchev–Trinajstić information content (AvgIpc) is 1.70. The van der Waals surface area contributed by atoms with Gasteiger partial charge in [-0.3, -0.25) is 0 Å². The van der Waals surface area contributed by atoms with Crippen molar-refractivity contribution in [3.05, 3.63) is 0 Å². The molecule has 0 bridgehead atoms. The summed E-state index contributed by atoms with van der Waals surface area (Å²) in [4.78, 5) is 26.4. The maximum atomic E-state index is 8.81. The Morgan fingerprint density at radius 1 is 0.700 bits per heavy atom. The van der Waals surface area contributed by atoms with Crippen LogP contribution in [0.25, 0.3) is 0 Å². The Hall–Kier alpha value is -1.03. The summed E-state index contributed by atoms with van der Waals surface area (Å²) in [6.45, 7) is 4.33. The first-order valence-electron chi connectivity index (χ1n) is 2.44. The van der Waals surface area contributed by atoms with Gasteiger partial charge in [0.2, 0.25) is 0 Å². The smallest absolute Gasteiger partial charge is 0.116 e. The standard InChI is InChI=1S/3C2H4O.H2O/c3*1-2-3;/h3*2H,1H3;1H2. The zero-order valence-corrected chi connectivity index (χ0v) is 6.46. The summed E-state index contributed by atoms with van der Waals surface area (Å²) >= 11 is 0. The maximum Gasteiger partial charge on any atom is 0.116 e. The van der Waals surface area contributed by atoms with Crippen molar-refractivity contribution in [2.75, 3.05) is 0 Å². The van der Waals surface area contributed by atoms with Crippen molar-refractivity contribution in [3.63, 3.8) is 0 Å². The quantitative estimate of drug-likeness (QED) is 0.448. The van der Waals surface area contributed by atoms with E-state index in [0.29, 0.717) is 0 Å². The lowest BCUT2D eigenvalue weighted by atomic mass is 11.0. The van der Waals surface area contributed by atoms with E-state index in [0.717, 1.165) is 18.9 Å². The summed E-state index contributed by atoms with van der Waals surface area (Å²) in [5.74, 6) is 0. The minimum Gasteiger partial charge on any atom is -0.412 e. The maximum absolute atomic E-state index is 8.81. The van der Waals surface area contributed by atoms with Gasteiger partial charge in [-0.15, -0.1) is 0 Å². The van der Waals surface area contributed by atoms with E-state index in [1.165, 1.54) is 20.8 Å². The molecule has 4 heteroatoms. The fraction of sp³-hybridized carbons (Fsp3) is 0.500. The van der Waals surface area contributed by atoms with Crippen molar-refractivity contribution < 1.29 is 19.9 Å². The van der Waals surface area contributed by atoms with Crippen molar-refractivity contribution in [1.82, 2.24) is 0 Å². The first-order chi connectivity index (χ1) is 4.24. The molecular weight excluding hydrogens is 136 g/mol. The molecule has 0 radical (unpaired) electrons. The molecule has 0 aromatic heterocycles. The molecule has 0 fully saturated rings. The second-order valence-corrected chi connectivity index (χ2v) is 0.707. The molecule has 0 aromatic carbocycles. The minimum atomic E-state index is 0. The van der Waals surface area contributed by atoms with Crippen molar-refractivity contribution in [3.8, 4) is 0 Å². The Labute approximate surface area is 60.5 Å². The number of rotatable bonds is 0. The molecular formula is C6H14O4. The normalized spacial score (nSPS) is 3.90. The van der Waals surface area contributed by atoms with Crippen LogP contribution < -0.4 is 0 Å². The Kier molecular flexibility index (Phi) is 230. The first-order valence-corrected chi connectivity index (χ1v) is 2.44. The molecule has 0 aliphatic heterocycles. The van der Waals surface area contributed by atoms with Crippen LogP contribution in [0, 0.1) is 0 Å². The van der Waals surface area contributed by atoms with Crippen LogP contribution in [0.15, 0.2) is 0 Å². The van der Waals surface area contributed by atoms with Gasteiger partial charge in [0.15, 0.2) is 0 Å². The molecule has 10 heavy (non-hydrogen) atoms. The number of hydrogen-bond donors (Lipinski definition) is 0. The molecule has 62 valence electrons. The monoisotopic (exact) mass is 150 g/mol. The van der Waals surface area contributed by atoms with Gasteiger partial charge in [-0.2, -0.15) is 0 Å². The Morgan fingerprint density at radius 2 is 0.700 bits per heavy atom. The number of carbonyl (C=O) groups excluding carboxylic acids is 3. The molecule has 2 N–H and O–H groups in total. The van der Waals surface area contributed by atoms with Crippen LogP contribution >= 0.6 is 0 Å². The van der Waals surface area contributed by atoms with Crippen LogP contribution in [0.5, 0.6) is 0 Å². The van der Waals surface area contributed by atoms with Gasteiger partial charge in [-0.25, -0.2) is 0 Å². The van der Waals surface area contributed by atoms with E-state index in [1.807, 2.05) is 0 Å². The highest BCUT2D eigenvalue weighted by atomic mass is 16.1. The van der Waals surface area contributed by atoms with E-state index in [9.17, 15) is 0 Å². The second kappa shape index (κ2) is 99.8. The molecule has 0 unspecified atom stereocenters. The lowest BCUT2D eigenvalue weighted by Crippen LogP contribution is -1.36. The third-order valence-corrected chi connectivity index (χ3v) is 0. The minimum absolute atomic E-state index is 0. The Bertz CT molecular complexity index is 46.5. The van der Waals surface area contributed by atoms with Gasteiger partial charge in [-0.05, 0) is 20.8 Å². The van der Waals surface area contributed by atoms with Gasteiger partial charge in [0.05, 0.1) is 0 Å². The fourth-order valence-corrected chi connectivity index (χ4v) is 0. The first kappa shape index (κ1) is 23.1. The highest BCUT2D eigenvalue weighted by molar-refractivity contribution is 5.44. The predicted octanol–water partition coefficient (Wildman–Crippen LogP) is -0.209. The summed E-state index contributed by atoms with van der Waals surface area (Å²) in [7, 11) is 0. The van der Waals surface area contributed by atoms with Crippen LogP contribution in [-0.4, -0.2) is 24.3 Å². The van der Waals surface area contributed by atoms with Crippen molar-refractivity contribution in [2.45, 2.75) is 20.8 Å². The van der Waals surface area contributed by atoms with Crippen molar-refractivity contribution >= 4 is 18.9 Å². The highest BCUT2D eigenvalue weighted by Crippen LogP contribution is 1.13. The zero-order valence-electron chi connectivity index (χ0n) is 6.46. The van der Waals surface area contributed by atoms with E-state index in [4.69, 9.17) is 14.4 Å². The SMILES string of the molecule is CC=O.CC=O.CC=O.O. The molecule has 0 rings (SSSR count). The number of aldehydes is 3. The lowest BCUT2D eigenvalue weighted by molar-refractivity contribution is -0.106. The van der Waals surface area contributed by atoms with E-state index in [-0.39, 0.29) is 5.48 Å². The summed E-state index contributed by atoms with van der Waals surface area (Å²) < 4.78 is 0. The average molecular weight is 150 g/mol. The van der Waals surface area contributed by atoms with Gasteiger partial charge in [0.1, 0.15) is 18.9 Å². The molecule has 0 saturated carbocycles. The molecule has 0 spiro atoms. The third-order valence-electron chi connectivity index (χ3n) is 0. The van der Waals surface area contributed by atoms with E-state index in [2.05, 4.69) is 0 Å². The van der Waals surface area contributed by atoms with Crippen LogP contribution in [0.4, 0.5) is 0 Å². The van der Waals surface area contributed by atoms with E-state index < -0.39 is 0 Å². The Morgan fingerprint density at radius 3 is 0.700 bits per heavy atom. The molecule has 0 saturated heterocycles. The van der Waals surface area contributed by atoms with E-state index >= 15 is 0 Å². The lowest BCUT2D eigenvalue weighted by Gasteiger charge is -1.24. The van der Waals surface area contributed by atoms with Crippen LogP contribution in [0.3, 0.4) is 0 Å². The summed E-state index contributed by atoms with van der Waals surface area (Å²) in [6.07, 6.45) is 2.25. The van der Waals surface area contributed by atoms with Crippen LogP contribution in [0.2, 0.25) is 0 Å². The molecule has 0 atom stereocenters. The summed E-state index contributed by atoms with van der Waals surface area (Å²) in [5.41, 5.74) is 0. The van der Waals surface area contributed by atoms with E-state index in [1.54, 1.807) is 0 Å². The second-order valence-electron chi connectivity index (χ2n) is 0.707. The van der Waals surface area contributed by atoms with Gasteiger partial charge >= 0.3 is 0 Å². The molecule has 4 nitrogen and oxygen atoms in total. The van der Waals surface area contributed by atoms with Gasteiger partial charge in [0, 0.05) is 0 Å². The van der Waals surface area contributed by atoms with Crippen LogP contribution in [0.1, 0.15) is 20.8 Å². The molecule has 0 heterocycles. The van der Waals surface area contributed by atoms with Gasteiger partial charge in [-0.1, -0.05) is 0 Å². The molecule has 0 aliphatic carbocycles. The summed E-state index contributed by atoms with van der Waals surface area (Å²) in [6, 6.07) is 0. The van der Waals surface area contributed by atoms with Crippen molar-refractivity contribution in [2.24, 2.45) is 0 Å². The van der Waals surface area contributed by atoms with Crippen LogP contribution in [-0.2, 0) is 14.4 Å². The third kappa shape index (κ3) is 234. The number of carbonyl (C=O) groups is 3. The van der Waals surface area contributed by atoms with Gasteiger partial charge < -0.3 is 19.9 Å². The van der Waals surface area contributed by atoms with Gasteiger partial charge in [0.25, 0.3) is 0 Å². The fourth-order valence-electron chi connectivity index (χ4n) is 0. The predicted molar refractivity (Wildman–Crippen MR) is 38.8 cm³/mol. The van der Waals surface area contributed by atoms with Crippen molar-refractivity contribution in [1.29, 1.82) is 0 Å². The molecule has 0 amide bonds.